The molecule has 1 amide bonds. The molecule has 3 nitrogen and oxygen atoms in total. The Labute approximate surface area is 115 Å². The first-order valence-corrected chi connectivity index (χ1v) is 7.32. The molecule has 1 heterocycles. The molecular formula is C16H24N2O. The zero-order chi connectivity index (χ0) is 13.7. The van der Waals surface area contributed by atoms with Crippen LogP contribution in [-0.2, 0) is 4.79 Å². The maximum Gasteiger partial charge on any atom is 0.222 e. The van der Waals surface area contributed by atoms with Crippen molar-refractivity contribution < 1.29 is 4.79 Å². The van der Waals surface area contributed by atoms with Crippen LogP contribution in [0.5, 0.6) is 0 Å². The van der Waals surface area contributed by atoms with Crippen molar-refractivity contribution in [2.75, 3.05) is 6.54 Å². The first kappa shape index (κ1) is 14.1. The van der Waals surface area contributed by atoms with Crippen LogP contribution in [-0.4, -0.2) is 23.4 Å². The van der Waals surface area contributed by atoms with Crippen LogP contribution in [0.4, 0.5) is 0 Å². The van der Waals surface area contributed by atoms with Gasteiger partial charge in [0.25, 0.3) is 0 Å². The number of amides is 1. The summed E-state index contributed by atoms with van der Waals surface area (Å²) in [5, 5.41) is 0. The van der Waals surface area contributed by atoms with Gasteiger partial charge in [-0.05, 0) is 31.2 Å². The van der Waals surface area contributed by atoms with E-state index in [-0.39, 0.29) is 11.9 Å². The van der Waals surface area contributed by atoms with Crippen molar-refractivity contribution in [1.82, 2.24) is 4.90 Å². The molecular weight excluding hydrogens is 236 g/mol. The summed E-state index contributed by atoms with van der Waals surface area (Å²) in [7, 11) is 0. The third-order valence-electron chi connectivity index (χ3n) is 4.07. The molecule has 1 aromatic carbocycles. The highest BCUT2D eigenvalue weighted by atomic mass is 16.2. The summed E-state index contributed by atoms with van der Waals surface area (Å²) >= 11 is 0. The van der Waals surface area contributed by atoms with Gasteiger partial charge in [0.2, 0.25) is 5.91 Å². The Bertz CT molecular complexity index is 404. The normalized spacial score (nSPS) is 20.5. The number of nitrogens with two attached hydrogens (primary N) is 1. The molecule has 1 aliphatic heterocycles. The fourth-order valence-corrected chi connectivity index (χ4v) is 2.88. The molecule has 1 aromatic rings. The van der Waals surface area contributed by atoms with Gasteiger partial charge in [0.05, 0.1) is 0 Å². The predicted octanol–water partition coefficient (Wildman–Crippen LogP) is 2.87. The van der Waals surface area contributed by atoms with Gasteiger partial charge in [0.1, 0.15) is 0 Å². The minimum absolute atomic E-state index is 0.0344. The van der Waals surface area contributed by atoms with Gasteiger partial charge in [-0.2, -0.15) is 0 Å². The highest BCUT2D eigenvalue weighted by Gasteiger charge is 2.26. The fourth-order valence-electron chi connectivity index (χ4n) is 2.88. The Morgan fingerprint density at radius 3 is 2.84 bits per heavy atom. The van der Waals surface area contributed by atoms with E-state index in [1.807, 2.05) is 30.3 Å². The highest BCUT2D eigenvalue weighted by Crippen LogP contribution is 2.22. The predicted molar refractivity (Wildman–Crippen MR) is 77.6 cm³/mol. The summed E-state index contributed by atoms with van der Waals surface area (Å²) in [6, 6.07) is 10.4. The van der Waals surface area contributed by atoms with E-state index in [1.54, 1.807) is 0 Å². The Morgan fingerprint density at radius 1 is 1.42 bits per heavy atom. The number of nitrogens with zero attached hydrogens (tertiary/aromatic N) is 1. The molecule has 0 bridgehead atoms. The average Bonchev–Trinajstić information content (AvgIpc) is 2.93. The summed E-state index contributed by atoms with van der Waals surface area (Å²) in [4.78, 5) is 14.3. The van der Waals surface area contributed by atoms with E-state index in [2.05, 4.69) is 11.8 Å². The lowest BCUT2D eigenvalue weighted by atomic mass is 10.0. The Balaban J connectivity index is 1.83. The summed E-state index contributed by atoms with van der Waals surface area (Å²) < 4.78 is 0. The van der Waals surface area contributed by atoms with Crippen LogP contribution in [0.2, 0.25) is 0 Å². The molecule has 2 rings (SSSR count). The largest absolute Gasteiger partial charge is 0.340 e. The lowest BCUT2D eigenvalue weighted by molar-refractivity contribution is -0.132. The maximum atomic E-state index is 12.2. The van der Waals surface area contributed by atoms with Crippen LogP contribution >= 0.6 is 0 Å². The van der Waals surface area contributed by atoms with Gasteiger partial charge in [-0.1, -0.05) is 37.3 Å². The highest BCUT2D eigenvalue weighted by molar-refractivity contribution is 5.76. The molecule has 1 aliphatic rings. The fraction of sp³-hybridized carbons (Fsp3) is 0.562. The van der Waals surface area contributed by atoms with Crippen LogP contribution in [0.1, 0.15) is 50.6 Å². The third kappa shape index (κ3) is 3.57. The minimum atomic E-state index is -0.0344. The second kappa shape index (κ2) is 6.71. The summed E-state index contributed by atoms with van der Waals surface area (Å²) in [6.45, 7) is 3.09. The van der Waals surface area contributed by atoms with Crippen molar-refractivity contribution in [2.45, 2.75) is 51.1 Å². The maximum absolute atomic E-state index is 12.2. The number of benzene rings is 1. The smallest absolute Gasteiger partial charge is 0.222 e. The number of carbonyl (C=O) groups excluding carboxylic acids is 1. The topological polar surface area (TPSA) is 46.3 Å². The van der Waals surface area contributed by atoms with Crippen molar-refractivity contribution >= 4 is 5.91 Å². The zero-order valence-corrected chi connectivity index (χ0v) is 11.7. The Morgan fingerprint density at radius 2 is 2.16 bits per heavy atom. The summed E-state index contributed by atoms with van der Waals surface area (Å²) in [5.41, 5.74) is 7.25. The molecule has 0 saturated carbocycles. The van der Waals surface area contributed by atoms with Crippen molar-refractivity contribution in [3.05, 3.63) is 35.9 Å². The zero-order valence-electron chi connectivity index (χ0n) is 11.7. The second-order valence-electron chi connectivity index (χ2n) is 5.35. The van der Waals surface area contributed by atoms with Gasteiger partial charge < -0.3 is 10.6 Å². The Kier molecular flexibility index (Phi) is 4.97. The number of hydrogen-bond acceptors (Lipinski definition) is 2. The van der Waals surface area contributed by atoms with Crippen molar-refractivity contribution in [2.24, 2.45) is 5.73 Å². The lowest BCUT2D eigenvalue weighted by Crippen LogP contribution is -2.35. The quantitative estimate of drug-likeness (QED) is 0.885. The lowest BCUT2D eigenvalue weighted by Gasteiger charge is -2.24. The minimum Gasteiger partial charge on any atom is -0.340 e. The van der Waals surface area contributed by atoms with E-state index in [9.17, 15) is 4.79 Å². The number of rotatable bonds is 5. The van der Waals surface area contributed by atoms with Gasteiger partial charge in [-0.25, -0.2) is 0 Å². The van der Waals surface area contributed by atoms with E-state index in [1.165, 1.54) is 0 Å². The summed E-state index contributed by atoms with van der Waals surface area (Å²) in [5.74, 6) is 0.274. The molecule has 104 valence electrons. The van der Waals surface area contributed by atoms with Crippen LogP contribution in [0, 0.1) is 0 Å². The molecule has 0 aromatic heterocycles. The van der Waals surface area contributed by atoms with Gasteiger partial charge in [-0.3, -0.25) is 4.79 Å². The van der Waals surface area contributed by atoms with E-state index < -0.39 is 0 Å². The molecule has 0 aliphatic carbocycles. The van der Waals surface area contributed by atoms with Crippen LogP contribution in [0.15, 0.2) is 30.3 Å². The van der Waals surface area contributed by atoms with Crippen LogP contribution < -0.4 is 5.73 Å². The molecule has 1 fully saturated rings. The first-order chi connectivity index (χ1) is 9.22. The standard InChI is InChI=1S/C16H24N2O/c1-2-14-9-6-12-18(14)16(19)11-10-15(17)13-7-4-3-5-8-13/h3-5,7-8,14-15H,2,6,9-12,17H2,1H3. The van der Waals surface area contributed by atoms with E-state index in [0.717, 1.165) is 37.8 Å². The molecule has 0 radical (unpaired) electrons. The molecule has 0 spiro atoms. The Hall–Kier alpha value is -1.35. The monoisotopic (exact) mass is 260 g/mol. The molecule has 2 N–H and O–H groups in total. The molecule has 3 heteroatoms. The van der Waals surface area contributed by atoms with E-state index in [0.29, 0.717) is 12.5 Å². The first-order valence-electron chi connectivity index (χ1n) is 7.32. The van der Waals surface area contributed by atoms with Gasteiger partial charge in [-0.15, -0.1) is 0 Å². The van der Waals surface area contributed by atoms with Crippen molar-refractivity contribution in [3.8, 4) is 0 Å². The van der Waals surface area contributed by atoms with Gasteiger partial charge >= 0.3 is 0 Å². The van der Waals surface area contributed by atoms with Gasteiger partial charge in [0, 0.05) is 25.0 Å². The number of carbonyl (C=O) groups is 1. The van der Waals surface area contributed by atoms with Crippen molar-refractivity contribution in [3.63, 3.8) is 0 Å². The summed E-state index contributed by atoms with van der Waals surface area (Å²) in [6.07, 6.45) is 4.67. The van der Waals surface area contributed by atoms with E-state index >= 15 is 0 Å². The molecule has 2 unspecified atom stereocenters. The van der Waals surface area contributed by atoms with Crippen LogP contribution in [0.25, 0.3) is 0 Å². The molecule has 2 atom stereocenters. The average molecular weight is 260 g/mol. The van der Waals surface area contributed by atoms with Crippen LogP contribution in [0.3, 0.4) is 0 Å². The SMILES string of the molecule is CCC1CCCN1C(=O)CCC(N)c1ccccc1. The van der Waals surface area contributed by atoms with Gasteiger partial charge in [0.15, 0.2) is 0 Å². The van der Waals surface area contributed by atoms with Crippen molar-refractivity contribution in [1.29, 1.82) is 0 Å². The number of hydrogen-bond donors (Lipinski definition) is 1. The second-order valence-corrected chi connectivity index (χ2v) is 5.35. The van der Waals surface area contributed by atoms with E-state index in [4.69, 9.17) is 5.73 Å². The third-order valence-corrected chi connectivity index (χ3v) is 4.07. The number of likely N-dealkylation sites (tertiary alicyclic amines) is 1. The molecule has 1 saturated heterocycles. The molecule has 19 heavy (non-hydrogen) atoms.